The van der Waals surface area contributed by atoms with E-state index in [1.54, 1.807) is 0 Å². The molecule has 2 fully saturated rings. The summed E-state index contributed by atoms with van der Waals surface area (Å²) in [6, 6.07) is 8.04. The molecule has 2 aliphatic carbocycles. The second-order valence-electron chi connectivity index (χ2n) is 10.9. The molecule has 3 N–H and O–H groups in total. The van der Waals surface area contributed by atoms with Crippen molar-refractivity contribution in [2.75, 3.05) is 12.4 Å². The second kappa shape index (κ2) is 11.8. The molecule has 5 rings (SSSR count). The number of alkyl halides is 3. The Morgan fingerprint density at radius 3 is 2.29 bits per heavy atom. The summed E-state index contributed by atoms with van der Waals surface area (Å²) < 4.78 is 97.4. The minimum absolute atomic E-state index is 0.0429. The molecule has 0 spiro atoms. The smallest absolute Gasteiger partial charge is 0.496 e. The molecule has 0 heterocycles. The SMILES string of the molecule is COc1cc(F)c(-c2ccc(C(=O)O)c(F)c2)cc1C(=O)NC1C2CCC(C2)C1C(=O)Nc1cccc(S(=O)(=O)C(F)(F)F)c1. The Labute approximate surface area is 253 Å². The molecule has 2 saturated carbocycles. The number of hydrogen-bond donors (Lipinski definition) is 3. The highest BCUT2D eigenvalue weighted by Gasteiger charge is 2.52. The van der Waals surface area contributed by atoms with Gasteiger partial charge in [0, 0.05) is 23.4 Å². The highest BCUT2D eigenvalue weighted by Crippen LogP contribution is 2.49. The largest absolute Gasteiger partial charge is 0.501 e. The average molecular weight is 653 g/mol. The summed E-state index contributed by atoms with van der Waals surface area (Å²) in [5.74, 6) is -6.17. The Hall–Kier alpha value is -4.53. The van der Waals surface area contributed by atoms with E-state index in [0.29, 0.717) is 25.3 Å². The van der Waals surface area contributed by atoms with Gasteiger partial charge in [-0.1, -0.05) is 12.1 Å². The molecule has 0 saturated heterocycles. The number of sulfone groups is 1. The van der Waals surface area contributed by atoms with Crippen LogP contribution < -0.4 is 15.4 Å². The first-order valence-electron chi connectivity index (χ1n) is 13.6. The van der Waals surface area contributed by atoms with Crippen molar-refractivity contribution in [1.82, 2.24) is 5.32 Å². The van der Waals surface area contributed by atoms with Crippen LogP contribution in [0, 0.1) is 29.4 Å². The third-order valence-corrected chi connectivity index (χ3v) is 9.76. The molecule has 3 aromatic rings. The minimum atomic E-state index is -5.66. The number of anilines is 1. The van der Waals surface area contributed by atoms with Crippen molar-refractivity contribution >= 4 is 33.3 Å². The number of ether oxygens (including phenoxy) is 1. The van der Waals surface area contributed by atoms with Crippen LogP contribution in [0.3, 0.4) is 0 Å². The summed E-state index contributed by atoms with van der Waals surface area (Å²) >= 11 is 0. The van der Waals surface area contributed by atoms with Gasteiger partial charge < -0.3 is 20.5 Å². The average Bonchev–Trinajstić information content (AvgIpc) is 3.58. The van der Waals surface area contributed by atoms with E-state index in [1.807, 2.05) is 0 Å². The van der Waals surface area contributed by atoms with E-state index in [-0.39, 0.29) is 40.0 Å². The van der Waals surface area contributed by atoms with Crippen LogP contribution in [0.4, 0.5) is 27.6 Å². The number of halogens is 5. The fourth-order valence-electron chi connectivity index (χ4n) is 6.18. The van der Waals surface area contributed by atoms with Gasteiger partial charge in [-0.3, -0.25) is 9.59 Å². The zero-order valence-corrected chi connectivity index (χ0v) is 24.1. The molecule has 45 heavy (non-hydrogen) atoms. The maximum atomic E-state index is 15.0. The van der Waals surface area contributed by atoms with Crippen molar-refractivity contribution in [2.24, 2.45) is 17.8 Å². The molecular weight excluding hydrogens is 627 g/mol. The summed E-state index contributed by atoms with van der Waals surface area (Å²) in [7, 11) is -4.45. The molecule has 0 aromatic heterocycles. The van der Waals surface area contributed by atoms with Gasteiger partial charge in [-0.2, -0.15) is 13.2 Å². The normalized spacial score (nSPS) is 20.9. The van der Waals surface area contributed by atoms with Crippen LogP contribution in [0.1, 0.15) is 40.0 Å². The van der Waals surface area contributed by atoms with Crippen molar-refractivity contribution in [3.8, 4) is 16.9 Å². The molecule has 0 aliphatic heterocycles. The number of carboxylic acids is 1. The third-order valence-electron chi connectivity index (χ3n) is 8.28. The van der Waals surface area contributed by atoms with Crippen molar-refractivity contribution in [1.29, 1.82) is 0 Å². The fourth-order valence-corrected chi connectivity index (χ4v) is 6.99. The fraction of sp³-hybridized carbons (Fsp3) is 0.300. The van der Waals surface area contributed by atoms with Gasteiger partial charge in [0.1, 0.15) is 17.4 Å². The highest BCUT2D eigenvalue weighted by atomic mass is 32.2. The van der Waals surface area contributed by atoms with E-state index in [2.05, 4.69) is 10.6 Å². The number of carboxylic acid groups (broad SMARTS) is 1. The number of benzene rings is 3. The molecular formula is C30H25F5N2O7S. The van der Waals surface area contributed by atoms with Crippen molar-refractivity contribution in [3.63, 3.8) is 0 Å². The molecule has 4 atom stereocenters. The lowest BCUT2D eigenvalue weighted by Gasteiger charge is -2.31. The van der Waals surface area contributed by atoms with E-state index in [9.17, 15) is 40.4 Å². The van der Waals surface area contributed by atoms with Gasteiger partial charge in [0.25, 0.3) is 15.7 Å². The number of rotatable bonds is 8. The summed E-state index contributed by atoms with van der Waals surface area (Å²) in [5, 5.41) is 14.4. The molecule has 3 aromatic carbocycles. The first-order chi connectivity index (χ1) is 21.1. The van der Waals surface area contributed by atoms with Crippen LogP contribution >= 0.6 is 0 Å². The molecule has 2 bridgehead atoms. The number of fused-ring (bicyclic) bond motifs is 2. The Bertz CT molecular complexity index is 1810. The summed E-state index contributed by atoms with van der Waals surface area (Å²) in [5.41, 5.74) is -6.74. The maximum absolute atomic E-state index is 15.0. The van der Waals surface area contributed by atoms with Crippen LogP contribution in [0.5, 0.6) is 5.75 Å². The van der Waals surface area contributed by atoms with E-state index < -0.39 is 67.2 Å². The van der Waals surface area contributed by atoms with E-state index in [0.717, 1.165) is 36.4 Å². The lowest BCUT2D eigenvalue weighted by molar-refractivity contribution is -0.122. The number of aromatic carboxylic acids is 1. The monoisotopic (exact) mass is 652 g/mol. The topological polar surface area (TPSA) is 139 Å². The van der Waals surface area contributed by atoms with E-state index in [1.165, 1.54) is 19.2 Å². The van der Waals surface area contributed by atoms with Crippen LogP contribution in [-0.2, 0) is 14.6 Å². The van der Waals surface area contributed by atoms with Gasteiger partial charge in [0.05, 0.1) is 29.1 Å². The lowest BCUT2D eigenvalue weighted by atomic mass is 9.83. The summed E-state index contributed by atoms with van der Waals surface area (Å²) in [4.78, 5) is 37.1. The first-order valence-corrected chi connectivity index (χ1v) is 15.0. The number of nitrogens with one attached hydrogen (secondary N) is 2. The Balaban J connectivity index is 1.41. The summed E-state index contributed by atoms with van der Waals surface area (Å²) in [6.07, 6.45) is 1.91. The maximum Gasteiger partial charge on any atom is 0.501 e. The van der Waals surface area contributed by atoms with Crippen LogP contribution in [0.15, 0.2) is 59.5 Å². The minimum Gasteiger partial charge on any atom is -0.496 e. The third kappa shape index (κ3) is 5.95. The zero-order chi connectivity index (χ0) is 32.8. The van der Waals surface area contributed by atoms with Crippen molar-refractivity contribution in [2.45, 2.75) is 35.7 Å². The van der Waals surface area contributed by atoms with Gasteiger partial charge in [0.2, 0.25) is 5.91 Å². The number of carbonyl (C=O) groups excluding carboxylic acids is 2. The van der Waals surface area contributed by atoms with Crippen molar-refractivity contribution < 1.29 is 54.6 Å². The molecule has 2 amide bonds. The van der Waals surface area contributed by atoms with Gasteiger partial charge in [0.15, 0.2) is 0 Å². The molecule has 15 heteroatoms. The van der Waals surface area contributed by atoms with Gasteiger partial charge in [-0.25, -0.2) is 22.0 Å². The zero-order valence-electron chi connectivity index (χ0n) is 23.3. The van der Waals surface area contributed by atoms with Gasteiger partial charge >= 0.3 is 11.5 Å². The highest BCUT2D eigenvalue weighted by molar-refractivity contribution is 7.92. The number of hydrogen-bond acceptors (Lipinski definition) is 6. The molecule has 238 valence electrons. The first kappa shape index (κ1) is 31.9. The molecule has 4 unspecified atom stereocenters. The second-order valence-corrected chi connectivity index (χ2v) is 12.8. The summed E-state index contributed by atoms with van der Waals surface area (Å²) in [6.45, 7) is 0. The Kier molecular flexibility index (Phi) is 8.33. The molecule has 0 radical (unpaired) electrons. The predicted molar refractivity (Wildman–Crippen MR) is 149 cm³/mol. The quantitative estimate of drug-likeness (QED) is 0.277. The lowest BCUT2D eigenvalue weighted by Crippen LogP contribution is -2.48. The standard InChI is InChI=1S/C30H25F5N2O7S/c1-44-24-13-23(32)20(14-7-8-19(29(40)41)22(31)10-14)12-21(24)27(38)37-26-16-6-5-15(9-16)25(26)28(39)36-17-3-2-4-18(11-17)45(42,43)30(33,34)35/h2-4,7-8,10-13,15-16,25-26H,5-6,9H2,1H3,(H,36,39)(H,37,38)(H,40,41). The van der Waals surface area contributed by atoms with Crippen LogP contribution in [-0.4, -0.2) is 50.0 Å². The number of carbonyl (C=O) groups is 3. The van der Waals surface area contributed by atoms with E-state index >= 15 is 4.39 Å². The van der Waals surface area contributed by atoms with Gasteiger partial charge in [-0.15, -0.1) is 0 Å². The van der Waals surface area contributed by atoms with E-state index in [4.69, 9.17) is 9.84 Å². The van der Waals surface area contributed by atoms with Crippen LogP contribution in [0.2, 0.25) is 0 Å². The number of methoxy groups -OCH3 is 1. The van der Waals surface area contributed by atoms with Crippen molar-refractivity contribution in [3.05, 3.63) is 77.4 Å². The van der Waals surface area contributed by atoms with Crippen LogP contribution in [0.25, 0.3) is 11.1 Å². The molecule has 9 nitrogen and oxygen atoms in total. The molecule has 2 aliphatic rings. The van der Waals surface area contributed by atoms with Gasteiger partial charge in [-0.05, 0) is 73.1 Å². The predicted octanol–water partition coefficient (Wildman–Crippen LogP) is 5.42. The number of amides is 2. The Morgan fingerprint density at radius 2 is 1.64 bits per heavy atom. The Morgan fingerprint density at radius 1 is 0.933 bits per heavy atom.